The summed E-state index contributed by atoms with van der Waals surface area (Å²) in [7, 11) is 0. The molecule has 0 N–H and O–H groups in total. The van der Waals surface area contributed by atoms with Crippen LogP contribution in [0.5, 0.6) is 5.75 Å². The van der Waals surface area contributed by atoms with Gasteiger partial charge in [-0.1, -0.05) is 19.0 Å². The van der Waals surface area contributed by atoms with E-state index in [4.69, 9.17) is 4.74 Å². The summed E-state index contributed by atoms with van der Waals surface area (Å²) in [5.41, 5.74) is 0.570. The van der Waals surface area contributed by atoms with E-state index in [1.54, 1.807) is 0 Å². The van der Waals surface area contributed by atoms with E-state index >= 15 is 0 Å². The molecule has 0 spiro atoms. The quantitative estimate of drug-likeness (QED) is 0.733. The van der Waals surface area contributed by atoms with Crippen LogP contribution in [0.1, 0.15) is 25.5 Å². The summed E-state index contributed by atoms with van der Waals surface area (Å²) in [5, 5.41) is 3.65. The zero-order valence-corrected chi connectivity index (χ0v) is 7.46. The van der Waals surface area contributed by atoms with E-state index in [1.165, 1.54) is 6.26 Å². The van der Waals surface area contributed by atoms with Crippen LogP contribution in [0.3, 0.4) is 0 Å². The van der Waals surface area contributed by atoms with Gasteiger partial charge in [0.15, 0.2) is 12.0 Å². The second-order valence-corrected chi connectivity index (χ2v) is 2.92. The second kappa shape index (κ2) is 4.20. The van der Waals surface area contributed by atoms with Crippen LogP contribution < -0.4 is 4.74 Å². The van der Waals surface area contributed by atoms with Gasteiger partial charge < -0.3 is 9.26 Å². The molecule has 1 aromatic heterocycles. The van der Waals surface area contributed by atoms with Crippen molar-refractivity contribution < 1.29 is 18.0 Å². The average Bonchev–Trinajstić information content (AvgIpc) is 2.47. The van der Waals surface area contributed by atoms with Gasteiger partial charge >= 0.3 is 0 Å². The Morgan fingerprint density at radius 2 is 2.23 bits per heavy atom. The standard InChI is InChI=1S/C8H11F2NO2/c1-5(2)8-6(3-13-11-8)12-4-7(9)10/h3,5,7H,4H2,1-2H3. The number of halogens is 2. The van der Waals surface area contributed by atoms with Gasteiger partial charge in [-0.2, -0.15) is 0 Å². The third kappa shape index (κ3) is 2.68. The van der Waals surface area contributed by atoms with Gasteiger partial charge in [0, 0.05) is 5.92 Å². The van der Waals surface area contributed by atoms with E-state index < -0.39 is 13.0 Å². The fourth-order valence-electron chi connectivity index (χ4n) is 0.887. The molecule has 1 rings (SSSR count). The highest BCUT2D eigenvalue weighted by atomic mass is 19.3. The molecule has 0 radical (unpaired) electrons. The van der Waals surface area contributed by atoms with E-state index in [-0.39, 0.29) is 5.92 Å². The van der Waals surface area contributed by atoms with E-state index in [1.807, 2.05) is 13.8 Å². The first kappa shape index (κ1) is 9.95. The zero-order chi connectivity index (χ0) is 9.84. The normalized spacial score (nSPS) is 11.2. The minimum atomic E-state index is -2.48. The molecule has 13 heavy (non-hydrogen) atoms. The number of alkyl halides is 2. The van der Waals surface area contributed by atoms with E-state index in [0.717, 1.165) is 0 Å². The molecule has 0 bridgehead atoms. The van der Waals surface area contributed by atoms with Gasteiger partial charge in [0.05, 0.1) is 0 Å². The number of rotatable bonds is 4. The lowest BCUT2D eigenvalue weighted by Crippen LogP contribution is -2.08. The Kier molecular flexibility index (Phi) is 3.22. The lowest BCUT2D eigenvalue weighted by molar-refractivity contribution is 0.0810. The van der Waals surface area contributed by atoms with Crippen molar-refractivity contribution in [3.8, 4) is 5.75 Å². The zero-order valence-electron chi connectivity index (χ0n) is 7.46. The Bertz CT molecular complexity index is 260. The molecule has 0 saturated carbocycles. The maximum atomic E-state index is 11.8. The summed E-state index contributed by atoms with van der Waals surface area (Å²) in [6.45, 7) is 3.14. The van der Waals surface area contributed by atoms with Crippen LogP contribution in [0.25, 0.3) is 0 Å². The minimum Gasteiger partial charge on any atom is -0.482 e. The first-order valence-electron chi connectivity index (χ1n) is 3.96. The molecule has 0 amide bonds. The molecule has 0 saturated heterocycles. The number of nitrogens with zero attached hydrogens (tertiary/aromatic N) is 1. The van der Waals surface area contributed by atoms with Crippen molar-refractivity contribution in [2.24, 2.45) is 0 Å². The van der Waals surface area contributed by atoms with Crippen LogP contribution in [-0.4, -0.2) is 18.2 Å². The van der Waals surface area contributed by atoms with Crippen LogP contribution in [0.2, 0.25) is 0 Å². The van der Waals surface area contributed by atoms with Gasteiger partial charge in [-0.25, -0.2) is 8.78 Å². The predicted molar refractivity (Wildman–Crippen MR) is 42.1 cm³/mol. The van der Waals surface area contributed by atoms with Crippen LogP contribution in [0, 0.1) is 0 Å². The molecule has 3 nitrogen and oxygen atoms in total. The summed E-state index contributed by atoms with van der Waals surface area (Å²) < 4.78 is 33.0. The predicted octanol–water partition coefficient (Wildman–Crippen LogP) is 2.44. The van der Waals surface area contributed by atoms with Crippen molar-refractivity contribution in [2.75, 3.05) is 6.61 Å². The van der Waals surface area contributed by atoms with Gasteiger partial charge in [0.1, 0.15) is 12.3 Å². The molecule has 5 heteroatoms. The van der Waals surface area contributed by atoms with E-state index in [0.29, 0.717) is 11.4 Å². The Labute approximate surface area is 74.7 Å². The van der Waals surface area contributed by atoms with Crippen LogP contribution in [0.4, 0.5) is 8.78 Å². The van der Waals surface area contributed by atoms with Crippen molar-refractivity contribution in [1.82, 2.24) is 5.16 Å². The number of ether oxygens (including phenoxy) is 1. The van der Waals surface area contributed by atoms with E-state index in [2.05, 4.69) is 9.68 Å². The van der Waals surface area contributed by atoms with E-state index in [9.17, 15) is 8.78 Å². The molecule has 0 aliphatic heterocycles. The third-order valence-corrected chi connectivity index (χ3v) is 1.47. The lowest BCUT2D eigenvalue weighted by atomic mass is 10.1. The van der Waals surface area contributed by atoms with Gasteiger partial charge in [-0.15, -0.1) is 0 Å². The summed E-state index contributed by atoms with van der Waals surface area (Å²) in [4.78, 5) is 0. The van der Waals surface area contributed by atoms with Crippen molar-refractivity contribution in [2.45, 2.75) is 26.2 Å². The molecular formula is C8H11F2NO2. The number of hydrogen-bond donors (Lipinski definition) is 0. The Morgan fingerprint density at radius 3 is 2.77 bits per heavy atom. The molecule has 0 aliphatic carbocycles. The molecule has 0 aromatic carbocycles. The molecule has 0 aliphatic rings. The Balaban J connectivity index is 2.60. The summed E-state index contributed by atoms with van der Waals surface area (Å²) >= 11 is 0. The van der Waals surface area contributed by atoms with Crippen molar-refractivity contribution in [3.05, 3.63) is 12.0 Å². The molecule has 0 unspecified atom stereocenters. The van der Waals surface area contributed by atoms with Crippen LogP contribution in [-0.2, 0) is 0 Å². The first-order valence-corrected chi connectivity index (χ1v) is 3.96. The molecule has 1 aromatic rings. The second-order valence-electron chi connectivity index (χ2n) is 2.92. The number of aromatic nitrogens is 1. The molecule has 74 valence electrons. The summed E-state index contributed by atoms with van der Waals surface area (Å²) in [5.74, 6) is 0.404. The minimum absolute atomic E-state index is 0.103. The lowest BCUT2D eigenvalue weighted by Gasteiger charge is -2.05. The van der Waals surface area contributed by atoms with Crippen molar-refractivity contribution in [1.29, 1.82) is 0 Å². The highest BCUT2D eigenvalue weighted by molar-refractivity contribution is 5.24. The first-order chi connectivity index (χ1) is 6.11. The molecule has 0 atom stereocenters. The van der Waals surface area contributed by atoms with Crippen LogP contribution >= 0.6 is 0 Å². The monoisotopic (exact) mass is 191 g/mol. The van der Waals surface area contributed by atoms with Crippen LogP contribution in [0.15, 0.2) is 10.8 Å². The van der Waals surface area contributed by atoms with Gasteiger partial charge in [0.25, 0.3) is 6.43 Å². The smallest absolute Gasteiger partial charge is 0.272 e. The molecular weight excluding hydrogens is 180 g/mol. The average molecular weight is 191 g/mol. The van der Waals surface area contributed by atoms with Gasteiger partial charge in [-0.05, 0) is 0 Å². The maximum Gasteiger partial charge on any atom is 0.272 e. The maximum absolute atomic E-state index is 11.8. The Hall–Kier alpha value is -1.13. The third-order valence-electron chi connectivity index (χ3n) is 1.47. The summed E-state index contributed by atoms with van der Waals surface area (Å²) in [6.07, 6.45) is -1.24. The fourth-order valence-corrected chi connectivity index (χ4v) is 0.887. The summed E-state index contributed by atoms with van der Waals surface area (Å²) in [6, 6.07) is 0. The molecule has 0 fully saturated rings. The Morgan fingerprint density at radius 1 is 1.54 bits per heavy atom. The SMILES string of the molecule is CC(C)c1nocc1OCC(F)F. The van der Waals surface area contributed by atoms with Crippen molar-refractivity contribution >= 4 is 0 Å². The molecule has 1 heterocycles. The fraction of sp³-hybridized carbons (Fsp3) is 0.625. The van der Waals surface area contributed by atoms with Gasteiger partial charge in [0.2, 0.25) is 0 Å². The topological polar surface area (TPSA) is 35.3 Å². The highest BCUT2D eigenvalue weighted by Crippen LogP contribution is 2.24. The number of hydrogen-bond acceptors (Lipinski definition) is 3. The van der Waals surface area contributed by atoms with Gasteiger partial charge in [-0.3, -0.25) is 0 Å². The highest BCUT2D eigenvalue weighted by Gasteiger charge is 2.14. The largest absolute Gasteiger partial charge is 0.482 e. The van der Waals surface area contributed by atoms with Crippen molar-refractivity contribution in [3.63, 3.8) is 0 Å².